The minimum Gasteiger partial charge on any atom is -0.342 e. The molecule has 2 aliphatic heterocycles. The van der Waals surface area contributed by atoms with Gasteiger partial charge < -0.3 is 5.32 Å². The lowest BCUT2D eigenvalue weighted by Crippen LogP contribution is -2.52. The molecule has 2 heterocycles. The number of nitrogens with one attached hydrogen (secondary N) is 1. The number of hydrogen-bond donors (Lipinski definition) is 1. The Hall–Kier alpha value is -2.64. The fourth-order valence-corrected chi connectivity index (χ4v) is 4.01. The molecule has 4 rings (SSSR count). The Bertz CT molecular complexity index is 959. The van der Waals surface area contributed by atoms with Gasteiger partial charge in [0.1, 0.15) is 17.1 Å². The summed E-state index contributed by atoms with van der Waals surface area (Å²) in [4.78, 5) is 29.4. The van der Waals surface area contributed by atoms with Gasteiger partial charge in [0.25, 0.3) is 5.91 Å². The molecule has 0 bridgehead atoms. The summed E-state index contributed by atoms with van der Waals surface area (Å²) >= 11 is 7.31. The number of fused-ring (bicyclic) bond motifs is 1. The van der Waals surface area contributed by atoms with E-state index in [1.807, 2.05) is 42.5 Å². The number of benzene rings is 2. The van der Waals surface area contributed by atoms with Gasteiger partial charge in [-0.1, -0.05) is 54.1 Å². The number of amidine groups is 1. The summed E-state index contributed by atoms with van der Waals surface area (Å²) in [5.41, 5.74) is 1.71. The van der Waals surface area contributed by atoms with Crippen molar-refractivity contribution in [1.29, 1.82) is 0 Å². The van der Waals surface area contributed by atoms with Crippen LogP contribution in [0.2, 0.25) is 5.02 Å². The lowest BCUT2D eigenvalue weighted by Gasteiger charge is -2.31. The molecule has 0 spiro atoms. The second-order valence-corrected chi connectivity index (χ2v) is 7.50. The minimum absolute atomic E-state index is 0.301. The van der Waals surface area contributed by atoms with Crippen LogP contribution in [0, 0.1) is 0 Å². The Morgan fingerprint density at radius 2 is 1.85 bits per heavy atom. The quantitative estimate of drug-likeness (QED) is 0.862. The topological polar surface area (TPSA) is 74.1 Å². The van der Waals surface area contributed by atoms with Gasteiger partial charge in [-0.25, -0.2) is 4.99 Å². The van der Waals surface area contributed by atoms with Gasteiger partial charge in [-0.2, -0.15) is 10.1 Å². The van der Waals surface area contributed by atoms with E-state index in [9.17, 15) is 9.59 Å². The van der Waals surface area contributed by atoms with Crippen molar-refractivity contribution < 1.29 is 9.59 Å². The number of aliphatic imine (C=N–C) groups is 1. The van der Waals surface area contributed by atoms with E-state index >= 15 is 0 Å². The Labute approximate surface area is 165 Å². The first-order chi connectivity index (χ1) is 13.0. The average molecular weight is 399 g/mol. The predicted octanol–water partition coefficient (Wildman–Crippen LogP) is 3.19. The molecule has 0 radical (unpaired) electrons. The molecule has 2 amide bonds. The average Bonchev–Trinajstić information content (AvgIpc) is 3.10. The maximum absolute atomic E-state index is 13.1. The van der Waals surface area contributed by atoms with Crippen molar-refractivity contribution in [3.05, 3.63) is 70.7 Å². The molecule has 0 fully saturated rings. The van der Waals surface area contributed by atoms with E-state index in [4.69, 9.17) is 16.6 Å². The van der Waals surface area contributed by atoms with Gasteiger partial charge >= 0.3 is 0 Å². The molecule has 2 atom stereocenters. The van der Waals surface area contributed by atoms with Crippen LogP contribution in [0.15, 0.2) is 64.7 Å². The number of carbonyl (C=O) groups excluding carboxylic acids is 2. The van der Waals surface area contributed by atoms with Crippen LogP contribution >= 0.6 is 23.4 Å². The molecule has 1 N–H and O–H groups in total. The second kappa shape index (κ2) is 7.17. The highest BCUT2D eigenvalue weighted by Gasteiger charge is 2.43. The van der Waals surface area contributed by atoms with Crippen molar-refractivity contribution in [3.63, 3.8) is 0 Å². The fraction of sp³-hybridized carbons (Fsp3) is 0.158. The van der Waals surface area contributed by atoms with Crippen LogP contribution in [0.3, 0.4) is 0 Å². The number of rotatable bonds is 3. The van der Waals surface area contributed by atoms with Crippen molar-refractivity contribution in [1.82, 2.24) is 10.3 Å². The smallest absolute Gasteiger partial charge is 0.274 e. The number of amides is 2. The highest BCUT2D eigenvalue weighted by atomic mass is 35.5. The van der Waals surface area contributed by atoms with Crippen molar-refractivity contribution in [2.75, 3.05) is 0 Å². The standard InChI is InChI=1S/C19H15ClN4O2S/c1-11(25)21-16-15(12-7-9-14(20)10-8-12)22-19-24(18(16)26)23-17(27-19)13-5-3-2-4-6-13/h2-10,15-16H,1H3,(H,21,25)/t15-,16+/m1/s1. The van der Waals surface area contributed by atoms with Gasteiger partial charge in [0.2, 0.25) is 5.91 Å². The van der Waals surface area contributed by atoms with Crippen molar-refractivity contribution >= 4 is 45.4 Å². The zero-order chi connectivity index (χ0) is 19.0. The zero-order valence-corrected chi connectivity index (χ0v) is 15.9. The van der Waals surface area contributed by atoms with Crippen LogP contribution < -0.4 is 5.32 Å². The SMILES string of the molecule is CC(=O)N[C@@H]1C(=O)N2N=C(c3ccccc3)SC2=N[C@@H]1c1ccc(Cl)cc1. The van der Waals surface area contributed by atoms with Crippen LogP contribution in [0.5, 0.6) is 0 Å². The monoisotopic (exact) mass is 398 g/mol. The first-order valence-electron chi connectivity index (χ1n) is 8.29. The summed E-state index contributed by atoms with van der Waals surface area (Å²) < 4.78 is 0. The molecule has 6 nitrogen and oxygen atoms in total. The normalized spacial score (nSPS) is 21.4. The summed E-state index contributed by atoms with van der Waals surface area (Å²) in [6.07, 6.45) is 0. The molecule has 2 aliphatic rings. The Balaban J connectivity index is 1.73. The summed E-state index contributed by atoms with van der Waals surface area (Å²) in [7, 11) is 0. The van der Waals surface area contributed by atoms with E-state index in [1.54, 1.807) is 12.1 Å². The molecule has 27 heavy (non-hydrogen) atoms. The van der Waals surface area contributed by atoms with Gasteiger partial charge in [-0.3, -0.25) is 9.59 Å². The predicted molar refractivity (Wildman–Crippen MR) is 107 cm³/mol. The number of carbonyl (C=O) groups is 2. The lowest BCUT2D eigenvalue weighted by atomic mass is 9.98. The van der Waals surface area contributed by atoms with E-state index in [0.29, 0.717) is 15.2 Å². The molecular weight excluding hydrogens is 384 g/mol. The van der Waals surface area contributed by atoms with Crippen LogP contribution in [0.4, 0.5) is 0 Å². The van der Waals surface area contributed by atoms with E-state index in [2.05, 4.69) is 10.4 Å². The largest absolute Gasteiger partial charge is 0.342 e. The summed E-state index contributed by atoms with van der Waals surface area (Å²) in [6, 6.07) is 15.3. The molecule has 0 saturated carbocycles. The first kappa shape index (κ1) is 17.8. The van der Waals surface area contributed by atoms with Gasteiger partial charge in [-0.15, -0.1) is 0 Å². The van der Waals surface area contributed by atoms with E-state index in [1.165, 1.54) is 23.7 Å². The number of hydrazone groups is 1. The highest BCUT2D eigenvalue weighted by molar-refractivity contribution is 8.27. The fourth-order valence-electron chi connectivity index (χ4n) is 2.95. The number of hydrogen-bond acceptors (Lipinski definition) is 5. The van der Waals surface area contributed by atoms with Crippen molar-refractivity contribution in [2.45, 2.75) is 19.0 Å². The van der Waals surface area contributed by atoms with Crippen LogP contribution in [0.25, 0.3) is 0 Å². The number of thioether (sulfide) groups is 1. The van der Waals surface area contributed by atoms with Gasteiger partial charge in [0.15, 0.2) is 5.17 Å². The van der Waals surface area contributed by atoms with Gasteiger partial charge in [0.05, 0.1) is 0 Å². The van der Waals surface area contributed by atoms with Gasteiger partial charge in [0, 0.05) is 17.5 Å². The third kappa shape index (κ3) is 3.48. The van der Waals surface area contributed by atoms with E-state index < -0.39 is 12.1 Å². The summed E-state index contributed by atoms with van der Waals surface area (Å²) in [5.74, 6) is -0.612. The van der Waals surface area contributed by atoms with Gasteiger partial charge in [-0.05, 0) is 29.5 Å². The van der Waals surface area contributed by atoms with Crippen molar-refractivity contribution in [2.24, 2.45) is 10.1 Å². The molecule has 0 aliphatic carbocycles. The zero-order valence-electron chi connectivity index (χ0n) is 14.3. The molecule has 0 unspecified atom stereocenters. The molecule has 0 saturated heterocycles. The second-order valence-electron chi connectivity index (χ2n) is 6.11. The Morgan fingerprint density at radius 1 is 1.15 bits per heavy atom. The molecule has 136 valence electrons. The molecule has 8 heteroatoms. The molecular formula is C19H15ClN4O2S. The van der Waals surface area contributed by atoms with E-state index in [0.717, 1.165) is 11.1 Å². The van der Waals surface area contributed by atoms with Crippen LogP contribution in [-0.2, 0) is 9.59 Å². The maximum Gasteiger partial charge on any atom is 0.274 e. The third-order valence-corrected chi connectivity index (χ3v) is 5.41. The Morgan fingerprint density at radius 3 is 2.52 bits per heavy atom. The number of halogens is 1. The maximum atomic E-state index is 13.1. The van der Waals surface area contributed by atoms with E-state index in [-0.39, 0.29) is 11.8 Å². The Kier molecular flexibility index (Phi) is 4.72. The lowest BCUT2D eigenvalue weighted by molar-refractivity contribution is -0.134. The molecule has 2 aromatic carbocycles. The summed E-state index contributed by atoms with van der Waals surface area (Å²) in [6.45, 7) is 1.38. The van der Waals surface area contributed by atoms with Crippen LogP contribution in [-0.4, -0.2) is 33.1 Å². The van der Waals surface area contributed by atoms with Crippen molar-refractivity contribution in [3.8, 4) is 0 Å². The minimum atomic E-state index is -0.827. The summed E-state index contributed by atoms with van der Waals surface area (Å²) in [5, 5.41) is 10.2. The highest BCUT2D eigenvalue weighted by Crippen LogP contribution is 2.35. The third-order valence-electron chi connectivity index (χ3n) is 4.19. The molecule has 2 aromatic rings. The molecule has 0 aromatic heterocycles. The van der Waals surface area contributed by atoms with Crippen LogP contribution in [0.1, 0.15) is 24.1 Å². The number of nitrogens with zero attached hydrogens (tertiary/aromatic N) is 3. The first-order valence-corrected chi connectivity index (χ1v) is 9.48.